The maximum atomic E-state index is 11.0. The molecular weight excluding hydrogens is 176 g/mol. The minimum atomic E-state index is -0.125. The van der Waals surface area contributed by atoms with Gasteiger partial charge in [-0.05, 0) is 30.6 Å². The molecule has 0 spiro atoms. The van der Waals surface area contributed by atoms with Crippen molar-refractivity contribution in [2.75, 3.05) is 0 Å². The van der Waals surface area contributed by atoms with Gasteiger partial charge in [0.2, 0.25) is 0 Å². The first-order valence-corrected chi connectivity index (χ1v) is 5.55. The predicted molar refractivity (Wildman–Crippen MR) is 54.8 cm³/mol. The quantitative estimate of drug-likeness (QED) is 0.603. The summed E-state index contributed by atoms with van der Waals surface area (Å²) in [4.78, 5) is 11.0. The Morgan fingerprint density at radius 3 is 2.36 bits per heavy atom. The van der Waals surface area contributed by atoms with Crippen molar-refractivity contribution in [3.8, 4) is 0 Å². The molecule has 2 nitrogen and oxygen atoms in total. The lowest BCUT2D eigenvalue weighted by Gasteiger charge is -2.38. The molecule has 2 aliphatic rings. The summed E-state index contributed by atoms with van der Waals surface area (Å²) in [5.74, 6) is 0.622. The van der Waals surface area contributed by atoms with Crippen molar-refractivity contribution in [3.63, 3.8) is 0 Å². The van der Waals surface area contributed by atoms with Gasteiger partial charge in [-0.1, -0.05) is 20.8 Å². The molecular formula is C12H20O2. The minimum absolute atomic E-state index is 0.125. The highest BCUT2D eigenvalue weighted by atomic mass is 16.5. The van der Waals surface area contributed by atoms with Crippen LogP contribution in [-0.2, 0) is 9.53 Å². The van der Waals surface area contributed by atoms with Crippen molar-refractivity contribution < 1.29 is 9.53 Å². The SMILES string of the molecule is CC(=O)O[C@H]1C[C@H]2CC[C@@]1(C)C2(C)C. The monoisotopic (exact) mass is 196 g/mol. The molecule has 0 N–H and O–H groups in total. The zero-order chi connectivity index (χ0) is 10.6. The Labute approximate surface area is 86.0 Å². The number of esters is 1. The van der Waals surface area contributed by atoms with E-state index in [2.05, 4.69) is 20.8 Å². The van der Waals surface area contributed by atoms with E-state index in [1.807, 2.05) is 0 Å². The third-order valence-electron chi connectivity index (χ3n) is 5.02. The second-order valence-electron chi connectivity index (χ2n) is 5.71. The Balaban J connectivity index is 2.23. The van der Waals surface area contributed by atoms with E-state index < -0.39 is 0 Å². The number of hydrogen-bond donors (Lipinski definition) is 0. The van der Waals surface area contributed by atoms with Gasteiger partial charge in [0.25, 0.3) is 0 Å². The fourth-order valence-electron chi connectivity index (χ4n) is 3.51. The summed E-state index contributed by atoms with van der Waals surface area (Å²) >= 11 is 0. The Hall–Kier alpha value is -0.530. The molecule has 2 bridgehead atoms. The summed E-state index contributed by atoms with van der Waals surface area (Å²) in [6.07, 6.45) is 3.75. The maximum absolute atomic E-state index is 11.0. The molecule has 0 saturated heterocycles. The van der Waals surface area contributed by atoms with Crippen LogP contribution in [0.1, 0.15) is 47.0 Å². The van der Waals surface area contributed by atoms with Crippen LogP contribution in [0.3, 0.4) is 0 Å². The van der Waals surface area contributed by atoms with Crippen LogP contribution in [0.25, 0.3) is 0 Å². The van der Waals surface area contributed by atoms with Gasteiger partial charge in [-0.3, -0.25) is 4.79 Å². The van der Waals surface area contributed by atoms with Gasteiger partial charge in [0.05, 0.1) is 0 Å². The van der Waals surface area contributed by atoms with Crippen molar-refractivity contribution in [3.05, 3.63) is 0 Å². The highest BCUT2D eigenvalue weighted by Crippen LogP contribution is 2.66. The molecule has 0 aromatic rings. The van der Waals surface area contributed by atoms with Crippen LogP contribution in [0.2, 0.25) is 0 Å². The molecule has 2 rings (SSSR count). The average molecular weight is 196 g/mol. The number of hydrogen-bond acceptors (Lipinski definition) is 2. The summed E-state index contributed by atoms with van der Waals surface area (Å²) in [5.41, 5.74) is 0.552. The van der Waals surface area contributed by atoms with Crippen LogP contribution in [0.15, 0.2) is 0 Å². The number of carbonyl (C=O) groups excluding carboxylic acids is 1. The van der Waals surface area contributed by atoms with E-state index in [-0.39, 0.29) is 17.5 Å². The number of fused-ring (bicyclic) bond motifs is 2. The summed E-state index contributed by atoms with van der Waals surface area (Å²) in [6.45, 7) is 8.46. The molecule has 80 valence electrons. The Kier molecular flexibility index (Phi) is 1.96. The van der Waals surface area contributed by atoms with Crippen molar-refractivity contribution in [2.24, 2.45) is 16.7 Å². The highest BCUT2D eigenvalue weighted by molar-refractivity contribution is 5.66. The van der Waals surface area contributed by atoms with Crippen LogP contribution in [0.4, 0.5) is 0 Å². The molecule has 2 aliphatic carbocycles. The summed E-state index contributed by atoms with van der Waals surface area (Å²) < 4.78 is 5.44. The molecule has 0 radical (unpaired) electrons. The van der Waals surface area contributed by atoms with Gasteiger partial charge in [0.15, 0.2) is 0 Å². The Bertz CT molecular complexity index is 269. The lowest BCUT2D eigenvalue weighted by Crippen LogP contribution is -2.37. The molecule has 2 saturated carbocycles. The highest BCUT2D eigenvalue weighted by Gasteiger charge is 2.62. The van der Waals surface area contributed by atoms with Crippen molar-refractivity contribution >= 4 is 5.97 Å². The molecule has 2 heteroatoms. The molecule has 0 aromatic carbocycles. The molecule has 3 atom stereocenters. The fraction of sp³-hybridized carbons (Fsp3) is 0.917. The van der Waals surface area contributed by atoms with Gasteiger partial charge < -0.3 is 4.74 Å². The zero-order valence-electron chi connectivity index (χ0n) is 9.59. The number of rotatable bonds is 1. The lowest BCUT2D eigenvalue weighted by atomic mass is 9.70. The first-order chi connectivity index (χ1) is 6.38. The van der Waals surface area contributed by atoms with E-state index in [9.17, 15) is 4.79 Å². The summed E-state index contributed by atoms with van der Waals surface area (Å²) in [5, 5.41) is 0. The number of ether oxygens (including phenoxy) is 1. The van der Waals surface area contributed by atoms with E-state index in [4.69, 9.17) is 4.74 Å². The van der Waals surface area contributed by atoms with E-state index in [1.165, 1.54) is 19.8 Å². The second kappa shape index (κ2) is 2.74. The van der Waals surface area contributed by atoms with Gasteiger partial charge in [0.1, 0.15) is 6.10 Å². The summed E-state index contributed by atoms with van der Waals surface area (Å²) in [6, 6.07) is 0. The van der Waals surface area contributed by atoms with Gasteiger partial charge >= 0.3 is 5.97 Å². The molecule has 0 amide bonds. The average Bonchev–Trinajstić information content (AvgIpc) is 2.35. The van der Waals surface area contributed by atoms with Gasteiger partial charge in [-0.15, -0.1) is 0 Å². The Morgan fingerprint density at radius 1 is 1.36 bits per heavy atom. The normalized spacial score (nSPS) is 44.0. The molecule has 14 heavy (non-hydrogen) atoms. The van der Waals surface area contributed by atoms with E-state index in [0.29, 0.717) is 5.41 Å². The summed E-state index contributed by atoms with van der Waals surface area (Å²) in [7, 11) is 0. The van der Waals surface area contributed by atoms with Gasteiger partial charge in [0, 0.05) is 12.3 Å². The van der Waals surface area contributed by atoms with Gasteiger partial charge in [-0.25, -0.2) is 0 Å². The first kappa shape index (κ1) is 10.0. The Morgan fingerprint density at radius 2 is 2.00 bits per heavy atom. The van der Waals surface area contributed by atoms with E-state index in [1.54, 1.807) is 0 Å². The third-order valence-corrected chi connectivity index (χ3v) is 5.02. The van der Waals surface area contributed by atoms with Crippen LogP contribution in [-0.4, -0.2) is 12.1 Å². The first-order valence-electron chi connectivity index (χ1n) is 5.55. The van der Waals surface area contributed by atoms with Gasteiger partial charge in [-0.2, -0.15) is 0 Å². The molecule has 2 fully saturated rings. The molecule has 0 aliphatic heterocycles. The minimum Gasteiger partial charge on any atom is -0.462 e. The topological polar surface area (TPSA) is 26.3 Å². The van der Waals surface area contributed by atoms with Crippen LogP contribution >= 0.6 is 0 Å². The van der Waals surface area contributed by atoms with Crippen LogP contribution in [0, 0.1) is 16.7 Å². The lowest BCUT2D eigenvalue weighted by molar-refractivity contribution is -0.154. The molecule has 0 heterocycles. The standard InChI is InChI=1S/C12H20O2/c1-8(13)14-10-7-9-5-6-12(10,4)11(9,2)3/h9-10H,5-7H2,1-4H3/t9-,10+,12-/m1/s1. The second-order valence-corrected chi connectivity index (χ2v) is 5.71. The number of carbonyl (C=O) groups is 1. The van der Waals surface area contributed by atoms with E-state index in [0.717, 1.165) is 12.3 Å². The van der Waals surface area contributed by atoms with Crippen LogP contribution < -0.4 is 0 Å². The predicted octanol–water partition coefficient (Wildman–Crippen LogP) is 2.76. The van der Waals surface area contributed by atoms with Crippen molar-refractivity contribution in [1.29, 1.82) is 0 Å². The van der Waals surface area contributed by atoms with Crippen molar-refractivity contribution in [1.82, 2.24) is 0 Å². The largest absolute Gasteiger partial charge is 0.462 e. The van der Waals surface area contributed by atoms with E-state index >= 15 is 0 Å². The smallest absolute Gasteiger partial charge is 0.302 e. The van der Waals surface area contributed by atoms with Crippen LogP contribution in [0.5, 0.6) is 0 Å². The van der Waals surface area contributed by atoms with Crippen molar-refractivity contribution in [2.45, 2.75) is 53.1 Å². The molecule has 0 unspecified atom stereocenters. The fourth-order valence-corrected chi connectivity index (χ4v) is 3.51. The third kappa shape index (κ3) is 1.06. The molecule has 0 aromatic heterocycles. The maximum Gasteiger partial charge on any atom is 0.302 e. The zero-order valence-corrected chi connectivity index (χ0v) is 9.59.